The fourth-order valence-corrected chi connectivity index (χ4v) is 6.29. The van der Waals surface area contributed by atoms with Crippen LogP contribution in [0.15, 0.2) is 77.7 Å². The number of hydrogen-bond donors (Lipinski definition) is 1. The van der Waals surface area contributed by atoms with Crippen molar-refractivity contribution in [1.29, 1.82) is 0 Å². The number of nitrogens with one attached hydrogen (secondary N) is 1. The molecule has 0 heterocycles. The van der Waals surface area contributed by atoms with Crippen molar-refractivity contribution >= 4 is 27.5 Å². The lowest BCUT2D eigenvalue weighted by atomic mass is 10.1. The Bertz CT molecular complexity index is 1420. The van der Waals surface area contributed by atoms with Gasteiger partial charge in [0.25, 0.3) is 10.0 Å². The van der Waals surface area contributed by atoms with Crippen LogP contribution in [-0.2, 0) is 32.6 Å². The molecule has 0 radical (unpaired) electrons. The number of unbranched alkanes of at least 4 members (excludes halogenated alkanes) is 1. The largest absolute Gasteiger partial charge is 0.354 e. The summed E-state index contributed by atoms with van der Waals surface area (Å²) in [6.07, 6.45) is 2.76. The van der Waals surface area contributed by atoms with Gasteiger partial charge in [-0.1, -0.05) is 92.9 Å². The molecule has 8 heteroatoms. The first-order valence-electron chi connectivity index (χ1n) is 14.4. The van der Waals surface area contributed by atoms with Crippen LogP contribution in [0.25, 0.3) is 0 Å². The van der Waals surface area contributed by atoms with Gasteiger partial charge in [-0.15, -0.1) is 0 Å². The molecular weight excluding hydrogens is 534 g/mol. The molecule has 7 nitrogen and oxygen atoms in total. The maximum atomic E-state index is 14.2. The van der Waals surface area contributed by atoms with Crippen LogP contribution < -0.4 is 9.62 Å². The second-order valence-electron chi connectivity index (χ2n) is 10.4. The zero-order chi connectivity index (χ0) is 30.0. The summed E-state index contributed by atoms with van der Waals surface area (Å²) in [5.41, 5.74) is 4.12. The van der Waals surface area contributed by atoms with E-state index in [0.717, 1.165) is 35.1 Å². The highest BCUT2D eigenvalue weighted by Crippen LogP contribution is 2.28. The number of carbonyl (C=O) groups excluding carboxylic acids is 2. The highest BCUT2D eigenvalue weighted by atomic mass is 32.2. The maximum absolute atomic E-state index is 14.2. The third-order valence-corrected chi connectivity index (χ3v) is 8.95. The first kappa shape index (κ1) is 31.9. The number of nitrogens with zero attached hydrogens (tertiary/aromatic N) is 2. The van der Waals surface area contributed by atoms with Gasteiger partial charge in [0.1, 0.15) is 12.6 Å². The molecule has 0 bridgehead atoms. The normalized spacial score (nSPS) is 12.0. The predicted octanol–water partition coefficient (Wildman–Crippen LogP) is 5.78. The summed E-state index contributed by atoms with van der Waals surface area (Å²) in [4.78, 5) is 29.2. The maximum Gasteiger partial charge on any atom is 0.264 e. The number of anilines is 1. The van der Waals surface area contributed by atoms with E-state index in [-0.39, 0.29) is 17.3 Å². The molecule has 0 aromatic heterocycles. The Labute approximate surface area is 245 Å². The number of aryl methyl sites for hydroxylation is 3. The number of rotatable bonds is 14. The Morgan fingerprint density at radius 3 is 2.22 bits per heavy atom. The molecule has 0 unspecified atom stereocenters. The van der Waals surface area contributed by atoms with Crippen molar-refractivity contribution in [3.8, 4) is 0 Å². The molecule has 0 fully saturated rings. The second-order valence-corrected chi connectivity index (χ2v) is 12.2. The number of amides is 2. The van der Waals surface area contributed by atoms with E-state index in [4.69, 9.17) is 0 Å². The van der Waals surface area contributed by atoms with E-state index in [2.05, 4.69) is 5.32 Å². The Balaban J connectivity index is 2.07. The number of hydrogen-bond acceptors (Lipinski definition) is 4. The van der Waals surface area contributed by atoms with Crippen molar-refractivity contribution in [1.82, 2.24) is 10.2 Å². The van der Waals surface area contributed by atoms with Gasteiger partial charge >= 0.3 is 0 Å². The number of benzene rings is 3. The average Bonchev–Trinajstić information content (AvgIpc) is 2.96. The zero-order valence-electron chi connectivity index (χ0n) is 24.9. The Morgan fingerprint density at radius 1 is 0.878 bits per heavy atom. The summed E-state index contributed by atoms with van der Waals surface area (Å²) in [5.74, 6) is -0.672. The van der Waals surface area contributed by atoms with Gasteiger partial charge in [0.05, 0.1) is 10.6 Å². The fourth-order valence-electron chi connectivity index (χ4n) is 4.84. The van der Waals surface area contributed by atoms with E-state index >= 15 is 0 Å². The van der Waals surface area contributed by atoms with Crippen molar-refractivity contribution in [2.45, 2.75) is 77.8 Å². The topological polar surface area (TPSA) is 86.8 Å². The minimum Gasteiger partial charge on any atom is -0.354 e. The third kappa shape index (κ3) is 8.19. The van der Waals surface area contributed by atoms with Crippen LogP contribution >= 0.6 is 0 Å². The van der Waals surface area contributed by atoms with Crippen LogP contribution in [0.5, 0.6) is 0 Å². The van der Waals surface area contributed by atoms with Gasteiger partial charge in [0.15, 0.2) is 0 Å². The van der Waals surface area contributed by atoms with Gasteiger partial charge in [-0.05, 0) is 62.4 Å². The van der Waals surface area contributed by atoms with Crippen molar-refractivity contribution in [2.75, 3.05) is 17.4 Å². The molecule has 0 aliphatic carbocycles. The molecule has 3 rings (SSSR count). The number of para-hydroxylation sites is 1. The first-order valence-corrected chi connectivity index (χ1v) is 15.9. The molecule has 0 aliphatic heterocycles. The van der Waals surface area contributed by atoms with Gasteiger partial charge in [-0.2, -0.15) is 0 Å². The minimum atomic E-state index is -4.10. The lowest BCUT2D eigenvalue weighted by molar-refractivity contribution is -0.140. The van der Waals surface area contributed by atoms with E-state index in [0.29, 0.717) is 25.1 Å². The van der Waals surface area contributed by atoms with Crippen LogP contribution in [0.2, 0.25) is 0 Å². The summed E-state index contributed by atoms with van der Waals surface area (Å²) >= 11 is 0. The molecule has 220 valence electrons. The van der Waals surface area contributed by atoms with Gasteiger partial charge < -0.3 is 10.2 Å². The number of sulfonamides is 1. The first-order chi connectivity index (χ1) is 19.6. The zero-order valence-corrected chi connectivity index (χ0v) is 25.7. The summed E-state index contributed by atoms with van der Waals surface area (Å²) in [6, 6.07) is 20.9. The average molecular weight is 578 g/mol. The lowest BCUT2D eigenvalue weighted by Crippen LogP contribution is -2.52. The van der Waals surface area contributed by atoms with Crippen LogP contribution in [0, 0.1) is 13.8 Å². The highest BCUT2D eigenvalue weighted by Gasteiger charge is 2.34. The van der Waals surface area contributed by atoms with Gasteiger partial charge in [0.2, 0.25) is 11.8 Å². The van der Waals surface area contributed by atoms with Crippen LogP contribution in [0.4, 0.5) is 5.69 Å². The molecule has 3 aromatic rings. The molecule has 3 aromatic carbocycles. The SMILES string of the molecule is CCCCNC(=O)[C@H](CC)N(Cc1cccc(C)c1)C(=O)CN(c1ccccc1CC)S(=O)(=O)c1ccc(C)cc1. The van der Waals surface area contributed by atoms with Crippen LogP contribution in [0.3, 0.4) is 0 Å². The summed E-state index contributed by atoms with van der Waals surface area (Å²) in [5, 5.41) is 2.97. The minimum absolute atomic E-state index is 0.108. The Hall–Kier alpha value is -3.65. The van der Waals surface area contributed by atoms with Crippen molar-refractivity contribution in [3.63, 3.8) is 0 Å². The lowest BCUT2D eigenvalue weighted by Gasteiger charge is -2.33. The summed E-state index contributed by atoms with van der Waals surface area (Å²) < 4.78 is 29.4. The van der Waals surface area contributed by atoms with Gasteiger partial charge in [0, 0.05) is 13.1 Å². The van der Waals surface area contributed by atoms with Crippen LogP contribution in [-0.4, -0.2) is 44.3 Å². The van der Waals surface area contributed by atoms with Crippen molar-refractivity contribution in [2.24, 2.45) is 0 Å². The van der Waals surface area contributed by atoms with Crippen molar-refractivity contribution < 1.29 is 18.0 Å². The molecule has 0 saturated carbocycles. The molecule has 0 aliphatic rings. The quantitative estimate of drug-likeness (QED) is 0.246. The van der Waals surface area contributed by atoms with E-state index in [1.165, 1.54) is 9.21 Å². The van der Waals surface area contributed by atoms with E-state index < -0.39 is 28.5 Å². The van der Waals surface area contributed by atoms with Crippen molar-refractivity contribution in [3.05, 3.63) is 95.1 Å². The summed E-state index contributed by atoms with van der Waals surface area (Å²) in [6.45, 7) is 10.0. The Kier molecular flexibility index (Phi) is 11.5. The smallest absolute Gasteiger partial charge is 0.264 e. The van der Waals surface area contributed by atoms with E-state index in [9.17, 15) is 18.0 Å². The van der Waals surface area contributed by atoms with Gasteiger partial charge in [-0.25, -0.2) is 8.42 Å². The van der Waals surface area contributed by atoms with Gasteiger partial charge in [-0.3, -0.25) is 13.9 Å². The van der Waals surface area contributed by atoms with E-state index in [1.807, 2.05) is 71.0 Å². The third-order valence-electron chi connectivity index (χ3n) is 7.18. The second kappa shape index (κ2) is 14.8. The highest BCUT2D eigenvalue weighted by molar-refractivity contribution is 7.92. The molecule has 0 saturated heterocycles. The monoisotopic (exact) mass is 577 g/mol. The summed E-state index contributed by atoms with van der Waals surface area (Å²) in [7, 11) is -4.10. The number of carbonyl (C=O) groups is 2. The molecule has 2 amide bonds. The Morgan fingerprint density at radius 2 is 1.59 bits per heavy atom. The van der Waals surface area contributed by atoms with E-state index in [1.54, 1.807) is 36.4 Å². The molecule has 1 N–H and O–H groups in total. The fraction of sp³-hybridized carbons (Fsp3) is 0.394. The molecule has 1 atom stereocenters. The van der Waals surface area contributed by atoms with Crippen LogP contribution in [0.1, 0.15) is 62.3 Å². The molecular formula is C33H43N3O4S. The standard InChI is InChI=1S/C33H43N3O4S/c1-6-9-21-34-33(38)30(8-3)35(23-27-14-12-13-26(5)22-27)32(37)24-36(31-16-11-10-15-28(31)7-2)41(39,40)29-19-17-25(4)18-20-29/h10-20,22,30H,6-9,21,23-24H2,1-5H3,(H,34,38)/t30-/m0/s1. The molecule has 0 spiro atoms. The predicted molar refractivity (Wildman–Crippen MR) is 165 cm³/mol. The molecule has 41 heavy (non-hydrogen) atoms.